The molecule has 6 amide bonds. The first-order valence-electron chi connectivity index (χ1n) is 17.7. The number of urea groups is 2. The first kappa shape index (κ1) is 39.2. The quantitative estimate of drug-likeness (QED) is 0.0520. The standard InChI is InChI=1S/C38H52N6O6/c1-3-5-7-9-11-18-26-49-33-23-17-16-22-31(33)35(45)41-44-38(48)40-30-24-25-34(50-27-19-12-10-8-6-4-2)32(28-30)36(46)42-43-37(47)39-29-20-14-13-15-21-29/h13-17,20-25,28H,3-12,18-19,26-27H2,1-2H3,(H,41,45)(H,42,46)(H2,39,43,47)(H2,40,44,48). The van der Waals surface area contributed by atoms with Gasteiger partial charge in [0, 0.05) is 11.4 Å². The van der Waals surface area contributed by atoms with E-state index in [1.807, 2.05) is 6.07 Å². The molecule has 50 heavy (non-hydrogen) atoms. The summed E-state index contributed by atoms with van der Waals surface area (Å²) in [5.41, 5.74) is 10.6. The summed E-state index contributed by atoms with van der Waals surface area (Å²) < 4.78 is 11.8. The second kappa shape index (κ2) is 23.2. The van der Waals surface area contributed by atoms with E-state index in [1.54, 1.807) is 60.7 Å². The Morgan fingerprint density at radius 1 is 0.480 bits per heavy atom. The van der Waals surface area contributed by atoms with Gasteiger partial charge in [-0.3, -0.25) is 20.4 Å². The normalized spacial score (nSPS) is 10.4. The summed E-state index contributed by atoms with van der Waals surface area (Å²) in [6, 6.07) is 18.8. The predicted octanol–water partition coefficient (Wildman–Crippen LogP) is 8.10. The van der Waals surface area contributed by atoms with Crippen LogP contribution in [-0.2, 0) is 0 Å². The minimum atomic E-state index is -0.740. The number of carbonyl (C=O) groups excluding carboxylic acids is 4. The fourth-order valence-corrected chi connectivity index (χ4v) is 5.03. The molecule has 0 aromatic heterocycles. The summed E-state index contributed by atoms with van der Waals surface area (Å²) in [4.78, 5) is 51.2. The van der Waals surface area contributed by atoms with Gasteiger partial charge in [-0.2, -0.15) is 0 Å². The van der Waals surface area contributed by atoms with Crippen LogP contribution in [0, 0.1) is 0 Å². The van der Waals surface area contributed by atoms with Crippen molar-refractivity contribution in [1.29, 1.82) is 0 Å². The number of anilines is 2. The molecule has 3 aromatic rings. The van der Waals surface area contributed by atoms with Gasteiger partial charge in [0.15, 0.2) is 0 Å². The molecule has 0 unspecified atom stereocenters. The highest BCUT2D eigenvalue weighted by Crippen LogP contribution is 2.24. The van der Waals surface area contributed by atoms with E-state index < -0.39 is 23.9 Å². The van der Waals surface area contributed by atoms with E-state index >= 15 is 0 Å². The Balaban J connectivity index is 1.57. The molecule has 0 saturated carbocycles. The smallest absolute Gasteiger partial charge is 0.337 e. The van der Waals surface area contributed by atoms with Crippen molar-refractivity contribution < 1.29 is 28.7 Å². The van der Waals surface area contributed by atoms with E-state index in [0.717, 1.165) is 38.5 Å². The molecule has 0 radical (unpaired) electrons. The number of unbranched alkanes of at least 4 members (excludes halogenated alkanes) is 10. The number of ether oxygens (including phenoxy) is 2. The van der Waals surface area contributed by atoms with Gasteiger partial charge in [-0.1, -0.05) is 108 Å². The molecule has 0 saturated heterocycles. The lowest BCUT2D eigenvalue weighted by atomic mass is 10.1. The molecule has 270 valence electrons. The van der Waals surface area contributed by atoms with Crippen molar-refractivity contribution >= 4 is 35.3 Å². The van der Waals surface area contributed by atoms with Crippen LogP contribution in [0.5, 0.6) is 11.5 Å². The molecule has 12 heteroatoms. The van der Waals surface area contributed by atoms with Crippen molar-refractivity contribution in [2.45, 2.75) is 90.9 Å². The van der Waals surface area contributed by atoms with Crippen molar-refractivity contribution in [3.05, 3.63) is 83.9 Å². The Bertz CT molecular complexity index is 1490. The maximum Gasteiger partial charge on any atom is 0.337 e. The van der Waals surface area contributed by atoms with Crippen LogP contribution in [0.2, 0.25) is 0 Å². The fourth-order valence-electron chi connectivity index (χ4n) is 5.03. The van der Waals surface area contributed by atoms with Crippen LogP contribution < -0.4 is 41.8 Å². The third-order valence-electron chi connectivity index (χ3n) is 7.74. The summed E-state index contributed by atoms with van der Waals surface area (Å²) in [5.74, 6) is -0.477. The number of nitrogens with one attached hydrogen (secondary N) is 6. The lowest BCUT2D eigenvalue weighted by Crippen LogP contribution is -2.44. The molecular formula is C38H52N6O6. The molecule has 3 aromatic carbocycles. The summed E-state index contributed by atoms with van der Waals surface area (Å²) in [6.45, 7) is 5.24. The monoisotopic (exact) mass is 688 g/mol. The van der Waals surface area contributed by atoms with E-state index in [1.165, 1.54) is 44.6 Å². The van der Waals surface area contributed by atoms with Gasteiger partial charge >= 0.3 is 12.1 Å². The predicted molar refractivity (Wildman–Crippen MR) is 196 cm³/mol. The number of hydrogen-bond acceptors (Lipinski definition) is 6. The molecule has 0 atom stereocenters. The van der Waals surface area contributed by atoms with Crippen LogP contribution in [-0.4, -0.2) is 37.1 Å². The average molecular weight is 689 g/mol. The van der Waals surface area contributed by atoms with Crippen LogP contribution in [0.15, 0.2) is 72.8 Å². The fraction of sp³-hybridized carbons (Fsp3) is 0.421. The zero-order chi connectivity index (χ0) is 35.8. The molecule has 6 N–H and O–H groups in total. The van der Waals surface area contributed by atoms with Crippen molar-refractivity contribution in [3.8, 4) is 11.5 Å². The zero-order valence-corrected chi connectivity index (χ0v) is 29.3. The number of carbonyl (C=O) groups is 4. The number of para-hydroxylation sites is 2. The van der Waals surface area contributed by atoms with Crippen molar-refractivity contribution in [1.82, 2.24) is 21.7 Å². The van der Waals surface area contributed by atoms with E-state index in [9.17, 15) is 19.2 Å². The Labute approximate surface area is 295 Å². The van der Waals surface area contributed by atoms with Crippen LogP contribution in [0.3, 0.4) is 0 Å². The lowest BCUT2D eigenvalue weighted by molar-refractivity contribution is 0.0927. The number of benzene rings is 3. The van der Waals surface area contributed by atoms with Crippen molar-refractivity contribution in [2.75, 3.05) is 23.8 Å². The summed E-state index contributed by atoms with van der Waals surface area (Å²) in [6.07, 6.45) is 13.2. The highest BCUT2D eigenvalue weighted by molar-refractivity contribution is 6.02. The molecule has 0 aliphatic rings. The average Bonchev–Trinajstić information content (AvgIpc) is 3.13. The van der Waals surface area contributed by atoms with E-state index in [2.05, 4.69) is 46.2 Å². The highest BCUT2D eigenvalue weighted by atomic mass is 16.5. The minimum Gasteiger partial charge on any atom is -0.493 e. The van der Waals surface area contributed by atoms with Crippen LogP contribution in [0.4, 0.5) is 21.0 Å². The van der Waals surface area contributed by atoms with E-state index in [0.29, 0.717) is 24.7 Å². The lowest BCUT2D eigenvalue weighted by Gasteiger charge is -2.15. The van der Waals surface area contributed by atoms with Crippen LogP contribution in [0.1, 0.15) is 112 Å². The first-order valence-corrected chi connectivity index (χ1v) is 17.7. The Kier molecular flexibility index (Phi) is 18.1. The van der Waals surface area contributed by atoms with Crippen LogP contribution >= 0.6 is 0 Å². The highest BCUT2D eigenvalue weighted by Gasteiger charge is 2.17. The Morgan fingerprint density at radius 3 is 1.56 bits per heavy atom. The number of amides is 6. The van der Waals surface area contributed by atoms with Crippen LogP contribution in [0.25, 0.3) is 0 Å². The molecule has 0 aliphatic heterocycles. The first-order chi connectivity index (χ1) is 24.4. The van der Waals surface area contributed by atoms with Gasteiger partial charge in [-0.25, -0.2) is 20.4 Å². The van der Waals surface area contributed by atoms with Gasteiger partial charge < -0.3 is 20.1 Å². The SMILES string of the molecule is CCCCCCCCOc1ccccc1C(=O)NNC(=O)Nc1ccc(OCCCCCCCC)c(C(=O)NNC(=O)Nc2ccccc2)c1. The second-order valence-corrected chi connectivity index (χ2v) is 11.9. The molecule has 0 aliphatic carbocycles. The van der Waals surface area contributed by atoms with Gasteiger partial charge in [-0.15, -0.1) is 0 Å². The second-order valence-electron chi connectivity index (χ2n) is 11.9. The van der Waals surface area contributed by atoms with Gasteiger partial charge in [0.25, 0.3) is 11.8 Å². The minimum absolute atomic E-state index is 0.0919. The van der Waals surface area contributed by atoms with Crippen molar-refractivity contribution in [3.63, 3.8) is 0 Å². The number of rotatable bonds is 20. The maximum atomic E-state index is 13.2. The molecule has 0 bridgehead atoms. The molecule has 0 heterocycles. The largest absolute Gasteiger partial charge is 0.493 e. The Hall–Kier alpha value is -5.26. The third kappa shape index (κ3) is 14.9. The molecular weight excluding hydrogens is 636 g/mol. The van der Waals surface area contributed by atoms with Gasteiger partial charge in [0.05, 0.1) is 24.3 Å². The number of hydrogen-bond donors (Lipinski definition) is 6. The van der Waals surface area contributed by atoms with Crippen molar-refractivity contribution in [2.24, 2.45) is 0 Å². The number of hydrazine groups is 2. The third-order valence-corrected chi connectivity index (χ3v) is 7.74. The summed E-state index contributed by atoms with van der Waals surface area (Å²) in [7, 11) is 0. The van der Waals surface area contributed by atoms with Gasteiger partial charge in [0.1, 0.15) is 11.5 Å². The summed E-state index contributed by atoms with van der Waals surface area (Å²) >= 11 is 0. The van der Waals surface area contributed by atoms with Gasteiger partial charge in [-0.05, 0) is 55.3 Å². The molecule has 0 fully saturated rings. The summed E-state index contributed by atoms with van der Waals surface area (Å²) in [5, 5.41) is 5.23. The molecule has 12 nitrogen and oxygen atoms in total. The van der Waals surface area contributed by atoms with Gasteiger partial charge in [0.2, 0.25) is 0 Å². The van der Waals surface area contributed by atoms with E-state index in [4.69, 9.17) is 9.47 Å². The zero-order valence-electron chi connectivity index (χ0n) is 29.3. The Morgan fingerprint density at radius 2 is 0.960 bits per heavy atom. The maximum absolute atomic E-state index is 13.2. The molecule has 3 rings (SSSR count). The topological polar surface area (TPSA) is 159 Å². The molecule has 0 spiro atoms. The van der Waals surface area contributed by atoms with E-state index in [-0.39, 0.29) is 22.6 Å².